The summed E-state index contributed by atoms with van der Waals surface area (Å²) in [5.74, 6) is 1.33. The molecule has 2 rings (SSSR count). The molecule has 0 spiro atoms. The lowest BCUT2D eigenvalue weighted by molar-refractivity contribution is 0.377. The highest BCUT2D eigenvalue weighted by Gasteiger charge is 2.23. The fraction of sp³-hybridized carbons (Fsp3) is 0.786. The first-order valence-electron chi connectivity index (χ1n) is 7.59. The van der Waals surface area contributed by atoms with Crippen molar-refractivity contribution >= 4 is 11.9 Å². The summed E-state index contributed by atoms with van der Waals surface area (Å²) in [6.07, 6.45) is 6.10. The average molecular weight is 279 g/mol. The first kappa shape index (κ1) is 14.8. The number of methoxy groups -OCH3 is 1. The largest absolute Gasteiger partial charge is 0.467 e. The number of anilines is 2. The van der Waals surface area contributed by atoms with Gasteiger partial charge in [-0.2, -0.15) is 15.0 Å². The van der Waals surface area contributed by atoms with Crippen LogP contribution in [0.15, 0.2) is 0 Å². The van der Waals surface area contributed by atoms with E-state index in [1.54, 1.807) is 7.11 Å². The molecule has 0 amide bonds. The van der Waals surface area contributed by atoms with Crippen LogP contribution in [0, 0.1) is 0 Å². The van der Waals surface area contributed by atoms with E-state index in [4.69, 9.17) is 4.74 Å². The van der Waals surface area contributed by atoms with Gasteiger partial charge in [-0.3, -0.25) is 0 Å². The fourth-order valence-electron chi connectivity index (χ4n) is 2.67. The van der Waals surface area contributed by atoms with E-state index in [1.165, 1.54) is 25.7 Å². The van der Waals surface area contributed by atoms with E-state index in [0.29, 0.717) is 18.0 Å². The van der Waals surface area contributed by atoms with Crippen LogP contribution in [0.3, 0.4) is 0 Å². The number of ether oxygens (including phenoxy) is 1. The van der Waals surface area contributed by atoms with E-state index in [0.717, 1.165) is 25.5 Å². The predicted octanol–water partition coefficient (Wildman–Crippen LogP) is 2.47. The van der Waals surface area contributed by atoms with Gasteiger partial charge in [-0.25, -0.2) is 0 Å². The van der Waals surface area contributed by atoms with Gasteiger partial charge in [0.05, 0.1) is 7.11 Å². The Balaban J connectivity index is 2.30. The van der Waals surface area contributed by atoms with Crippen molar-refractivity contribution in [3.63, 3.8) is 0 Å². The molecule has 1 saturated heterocycles. The van der Waals surface area contributed by atoms with Crippen LogP contribution in [0.2, 0.25) is 0 Å². The van der Waals surface area contributed by atoms with Gasteiger partial charge in [-0.15, -0.1) is 0 Å². The Kier molecular flexibility index (Phi) is 5.38. The number of aromatic nitrogens is 3. The lowest BCUT2D eigenvalue weighted by Crippen LogP contribution is -2.36. The Labute approximate surface area is 121 Å². The molecule has 0 bridgehead atoms. The second-order valence-corrected chi connectivity index (χ2v) is 5.08. The van der Waals surface area contributed by atoms with E-state index in [-0.39, 0.29) is 0 Å². The minimum Gasteiger partial charge on any atom is -0.467 e. The summed E-state index contributed by atoms with van der Waals surface area (Å²) in [6.45, 7) is 6.05. The fourth-order valence-corrected chi connectivity index (χ4v) is 2.67. The molecule has 1 aromatic rings. The molecule has 20 heavy (non-hydrogen) atoms. The highest BCUT2D eigenvalue weighted by Crippen LogP contribution is 2.24. The Morgan fingerprint density at radius 1 is 1.20 bits per heavy atom. The van der Waals surface area contributed by atoms with Crippen LogP contribution < -0.4 is 15.0 Å². The molecule has 2 heterocycles. The minimum atomic E-state index is 0.380. The molecular weight excluding hydrogens is 254 g/mol. The van der Waals surface area contributed by atoms with Gasteiger partial charge in [-0.05, 0) is 26.2 Å². The summed E-state index contributed by atoms with van der Waals surface area (Å²) in [5.41, 5.74) is 0. The van der Waals surface area contributed by atoms with Crippen LogP contribution in [0.4, 0.5) is 11.9 Å². The highest BCUT2D eigenvalue weighted by atomic mass is 16.5. The standard InChI is InChI=1S/C14H25N5O/c1-4-11-9-7-6-8-10-19(11)13-16-12(15-5-2)17-14(18-13)20-3/h11H,4-10H2,1-3H3,(H,15,16,17,18). The van der Waals surface area contributed by atoms with Crippen molar-refractivity contribution in [2.45, 2.75) is 52.0 Å². The molecule has 1 N–H and O–H groups in total. The molecule has 1 unspecified atom stereocenters. The smallest absolute Gasteiger partial charge is 0.322 e. The van der Waals surface area contributed by atoms with Crippen LogP contribution in [-0.4, -0.2) is 41.2 Å². The number of hydrogen-bond donors (Lipinski definition) is 1. The SMILES string of the molecule is CCNc1nc(OC)nc(N2CCCCCC2CC)n1. The second-order valence-electron chi connectivity index (χ2n) is 5.08. The zero-order valence-electron chi connectivity index (χ0n) is 12.7. The van der Waals surface area contributed by atoms with Crippen LogP contribution in [0.1, 0.15) is 46.0 Å². The van der Waals surface area contributed by atoms with E-state index in [9.17, 15) is 0 Å². The van der Waals surface area contributed by atoms with Gasteiger partial charge in [0, 0.05) is 19.1 Å². The van der Waals surface area contributed by atoms with Gasteiger partial charge < -0.3 is 15.0 Å². The van der Waals surface area contributed by atoms with Gasteiger partial charge in [0.25, 0.3) is 0 Å². The highest BCUT2D eigenvalue weighted by molar-refractivity contribution is 5.39. The van der Waals surface area contributed by atoms with Crippen molar-refractivity contribution in [2.24, 2.45) is 0 Å². The third-order valence-corrected chi connectivity index (χ3v) is 3.73. The normalized spacial score (nSPS) is 19.6. The lowest BCUT2D eigenvalue weighted by Gasteiger charge is -2.29. The number of rotatable bonds is 5. The molecule has 1 aromatic heterocycles. The van der Waals surface area contributed by atoms with Crippen molar-refractivity contribution in [2.75, 3.05) is 30.4 Å². The zero-order chi connectivity index (χ0) is 14.4. The minimum absolute atomic E-state index is 0.380. The van der Waals surface area contributed by atoms with E-state index in [2.05, 4.69) is 32.1 Å². The second kappa shape index (κ2) is 7.26. The van der Waals surface area contributed by atoms with Gasteiger partial charge in [0.15, 0.2) is 0 Å². The quantitative estimate of drug-likeness (QED) is 0.893. The molecule has 0 aliphatic carbocycles. The summed E-state index contributed by atoms with van der Waals surface area (Å²) in [5, 5.41) is 3.14. The molecule has 112 valence electrons. The zero-order valence-corrected chi connectivity index (χ0v) is 12.7. The summed E-state index contributed by atoms with van der Waals surface area (Å²) in [4.78, 5) is 15.5. The van der Waals surface area contributed by atoms with Gasteiger partial charge >= 0.3 is 6.01 Å². The predicted molar refractivity (Wildman–Crippen MR) is 80.4 cm³/mol. The number of nitrogens with one attached hydrogen (secondary N) is 1. The maximum absolute atomic E-state index is 5.20. The molecule has 6 nitrogen and oxygen atoms in total. The van der Waals surface area contributed by atoms with Crippen molar-refractivity contribution in [1.29, 1.82) is 0 Å². The molecule has 6 heteroatoms. The third kappa shape index (κ3) is 3.49. The molecule has 1 aliphatic heterocycles. The van der Waals surface area contributed by atoms with E-state index < -0.39 is 0 Å². The van der Waals surface area contributed by atoms with Crippen LogP contribution in [-0.2, 0) is 0 Å². The Hall–Kier alpha value is -1.59. The first-order chi connectivity index (χ1) is 9.78. The van der Waals surface area contributed by atoms with Gasteiger partial charge in [0.1, 0.15) is 0 Å². The van der Waals surface area contributed by atoms with Crippen molar-refractivity contribution in [1.82, 2.24) is 15.0 Å². The molecular formula is C14H25N5O. The Morgan fingerprint density at radius 2 is 2.05 bits per heavy atom. The molecule has 1 aliphatic rings. The van der Waals surface area contributed by atoms with Crippen LogP contribution in [0.5, 0.6) is 6.01 Å². The van der Waals surface area contributed by atoms with Crippen molar-refractivity contribution < 1.29 is 4.74 Å². The van der Waals surface area contributed by atoms with Gasteiger partial charge in [-0.1, -0.05) is 19.8 Å². The molecule has 0 aromatic carbocycles. The lowest BCUT2D eigenvalue weighted by atomic mass is 10.1. The first-order valence-corrected chi connectivity index (χ1v) is 7.59. The summed E-state index contributed by atoms with van der Waals surface area (Å²) in [7, 11) is 1.59. The number of hydrogen-bond acceptors (Lipinski definition) is 6. The molecule has 0 saturated carbocycles. The van der Waals surface area contributed by atoms with Crippen molar-refractivity contribution in [3.8, 4) is 6.01 Å². The maximum Gasteiger partial charge on any atom is 0.322 e. The Morgan fingerprint density at radius 3 is 2.75 bits per heavy atom. The van der Waals surface area contributed by atoms with Crippen molar-refractivity contribution in [3.05, 3.63) is 0 Å². The number of nitrogens with zero attached hydrogens (tertiary/aromatic N) is 4. The van der Waals surface area contributed by atoms with Crippen LogP contribution in [0.25, 0.3) is 0 Å². The maximum atomic E-state index is 5.20. The Bertz CT molecular complexity index is 426. The average Bonchev–Trinajstić information content (AvgIpc) is 2.72. The summed E-state index contributed by atoms with van der Waals surface area (Å²) < 4.78 is 5.20. The van der Waals surface area contributed by atoms with Crippen LogP contribution >= 0.6 is 0 Å². The van der Waals surface area contributed by atoms with E-state index in [1.807, 2.05) is 6.92 Å². The molecule has 1 fully saturated rings. The topological polar surface area (TPSA) is 63.2 Å². The summed E-state index contributed by atoms with van der Waals surface area (Å²) >= 11 is 0. The summed E-state index contributed by atoms with van der Waals surface area (Å²) in [6, 6.07) is 0.893. The molecule has 1 atom stereocenters. The molecule has 0 radical (unpaired) electrons. The third-order valence-electron chi connectivity index (χ3n) is 3.73. The monoisotopic (exact) mass is 279 g/mol. The van der Waals surface area contributed by atoms with E-state index >= 15 is 0 Å². The van der Waals surface area contributed by atoms with Gasteiger partial charge in [0.2, 0.25) is 11.9 Å².